The second kappa shape index (κ2) is 4.96. The Bertz CT molecular complexity index is 691. The number of rotatable bonds is 1. The average Bonchev–Trinajstić information content (AvgIpc) is 2.78. The van der Waals surface area contributed by atoms with Crippen LogP contribution in [0.4, 0.5) is 5.69 Å². The van der Waals surface area contributed by atoms with Crippen molar-refractivity contribution >= 4 is 39.7 Å². The number of nitrogens with zero attached hydrogens (tertiary/aromatic N) is 1. The highest BCUT2D eigenvalue weighted by Crippen LogP contribution is 2.49. The lowest BCUT2D eigenvalue weighted by Gasteiger charge is -2.35. The SMILES string of the molecule is CC(C)(C)N1C[C@@H](C(Cl)Cl)c2c1cc(O)c1ccccc21. The van der Waals surface area contributed by atoms with E-state index >= 15 is 0 Å². The summed E-state index contributed by atoms with van der Waals surface area (Å²) in [7, 11) is 0. The minimum absolute atomic E-state index is 0.0491. The molecule has 0 aliphatic carbocycles. The van der Waals surface area contributed by atoms with Crippen LogP contribution in [0.3, 0.4) is 0 Å². The highest BCUT2D eigenvalue weighted by molar-refractivity contribution is 6.45. The third-order valence-electron chi connectivity index (χ3n) is 4.20. The monoisotopic (exact) mass is 323 g/mol. The maximum absolute atomic E-state index is 10.4. The second-order valence-corrected chi connectivity index (χ2v) is 7.76. The van der Waals surface area contributed by atoms with Crippen molar-refractivity contribution in [3.05, 3.63) is 35.9 Å². The molecule has 4 heteroatoms. The van der Waals surface area contributed by atoms with Gasteiger partial charge in [-0.05, 0) is 31.7 Å². The van der Waals surface area contributed by atoms with E-state index < -0.39 is 4.84 Å². The lowest BCUT2D eigenvalue weighted by molar-refractivity contribution is 0.479. The largest absolute Gasteiger partial charge is 0.507 e. The number of anilines is 1. The first-order valence-corrected chi connectivity index (χ1v) is 7.98. The van der Waals surface area contributed by atoms with Gasteiger partial charge in [0.2, 0.25) is 0 Å². The number of alkyl halides is 2. The van der Waals surface area contributed by atoms with E-state index in [9.17, 15) is 5.11 Å². The zero-order valence-corrected chi connectivity index (χ0v) is 13.9. The number of phenols is 1. The van der Waals surface area contributed by atoms with Crippen molar-refractivity contribution in [2.45, 2.75) is 37.1 Å². The van der Waals surface area contributed by atoms with E-state index in [4.69, 9.17) is 23.2 Å². The highest BCUT2D eigenvalue weighted by atomic mass is 35.5. The van der Waals surface area contributed by atoms with Crippen LogP contribution in [0.15, 0.2) is 30.3 Å². The fraction of sp³-hybridized carbons (Fsp3) is 0.412. The summed E-state index contributed by atoms with van der Waals surface area (Å²) < 4.78 is 0. The van der Waals surface area contributed by atoms with E-state index in [1.54, 1.807) is 0 Å². The number of aromatic hydroxyl groups is 1. The van der Waals surface area contributed by atoms with Crippen molar-refractivity contribution in [1.82, 2.24) is 0 Å². The van der Waals surface area contributed by atoms with Crippen molar-refractivity contribution in [1.29, 1.82) is 0 Å². The van der Waals surface area contributed by atoms with Gasteiger partial charge in [0.25, 0.3) is 0 Å². The summed E-state index contributed by atoms with van der Waals surface area (Å²) in [5.74, 6) is 0.355. The van der Waals surface area contributed by atoms with Crippen molar-refractivity contribution in [2.24, 2.45) is 0 Å². The summed E-state index contributed by atoms with van der Waals surface area (Å²) >= 11 is 12.5. The van der Waals surface area contributed by atoms with Crippen LogP contribution in [0, 0.1) is 0 Å². The molecule has 0 amide bonds. The third-order valence-corrected chi connectivity index (χ3v) is 4.81. The predicted molar refractivity (Wildman–Crippen MR) is 90.9 cm³/mol. The van der Waals surface area contributed by atoms with E-state index in [1.807, 2.05) is 30.3 Å². The summed E-state index contributed by atoms with van der Waals surface area (Å²) in [6, 6.07) is 9.72. The molecule has 0 unspecified atom stereocenters. The Hall–Kier alpha value is -1.12. The average molecular weight is 324 g/mol. The van der Waals surface area contributed by atoms with Gasteiger partial charge in [0, 0.05) is 35.1 Å². The van der Waals surface area contributed by atoms with Crippen LogP contribution >= 0.6 is 23.2 Å². The summed E-state index contributed by atoms with van der Waals surface area (Å²) in [6.45, 7) is 7.23. The first-order chi connectivity index (χ1) is 9.80. The Morgan fingerprint density at radius 3 is 2.38 bits per heavy atom. The quantitative estimate of drug-likeness (QED) is 0.742. The number of halogens is 2. The maximum Gasteiger partial charge on any atom is 0.125 e. The highest BCUT2D eigenvalue weighted by Gasteiger charge is 2.39. The summed E-state index contributed by atoms with van der Waals surface area (Å²) in [5, 5.41) is 12.2. The molecule has 3 rings (SSSR count). The standard InChI is InChI=1S/C17H19Cl2NO/c1-17(2,3)20-9-12(16(18)19)15-11-7-5-4-6-10(11)14(21)8-13(15)20/h4-8,12,16,21H,9H2,1-3H3/t12-/m1/s1. The fourth-order valence-electron chi connectivity index (χ4n) is 3.20. The molecule has 1 N–H and O–H groups in total. The first-order valence-electron chi connectivity index (χ1n) is 7.11. The molecule has 112 valence electrons. The molecule has 1 aliphatic rings. The van der Waals surface area contributed by atoms with Gasteiger partial charge in [-0.1, -0.05) is 24.3 Å². The lowest BCUT2D eigenvalue weighted by atomic mass is 9.95. The molecule has 0 radical (unpaired) electrons. The molecule has 2 nitrogen and oxygen atoms in total. The zero-order valence-electron chi connectivity index (χ0n) is 12.4. The van der Waals surface area contributed by atoms with Gasteiger partial charge in [-0.2, -0.15) is 0 Å². The molecule has 1 aliphatic heterocycles. The minimum Gasteiger partial charge on any atom is -0.507 e. The molecule has 2 aromatic rings. The Morgan fingerprint density at radius 2 is 1.81 bits per heavy atom. The van der Waals surface area contributed by atoms with Gasteiger partial charge < -0.3 is 10.0 Å². The van der Waals surface area contributed by atoms with E-state index in [0.29, 0.717) is 5.75 Å². The van der Waals surface area contributed by atoms with Crippen molar-refractivity contribution < 1.29 is 5.11 Å². The van der Waals surface area contributed by atoms with Gasteiger partial charge >= 0.3 is 0 Å². The summed E-state index contributed by atoms with van der Waals surface area (Å²) in [4.78, 5) is 1.81. The second-order valence-electron chi connectivity index (χ2n) is 6.60. The molecule has 2 aromatic carbocycles. The van der Waals surface area contributed by atoms with Gasteiger partial charge in [0.1, 0.15) is 10.6 Å². The van der Waals surface area contributed by atoms with Crippen LogP contribution < -0.4 is 4.90 Å². The van der Waals surface area contributed by atoms with Crippen LogP contribution in [0.2, 0.25) is 0 Å². The number of fused-ring (bicyclic) bond motifs is 3. The van der Waals surface area contributed by atoms with Gasteiger partial charge in [0.05, 0.1) is 0 Å². The smallest absolute Gasteiger partial charge is 0.125 e. The van der Waals surface area contributed by atoms with Crippen LogP contribution in [0.25, 0.3) is 10.8 Å². The molecule has 1 heterocycles. The Morgan fingerprint density at radius 1 is 1.19 bits per heavy atom. The summed E-state index contributed by atoms with van der Waals surface area (Å²) in [5.41, 5.74) is 2.13. The molecular weight excluding hydrogens is 305 g/mol. The van der Waals surface area contributed by atoms with Crippen molar-refractivity contribution in [3.63, 3.8) is 0 Å². The molecule has 0 saturated heterocycles. The molecule has 0 fully saturated rings. The molecule has 1 atom stereocenters. The molecule has 0 spiro atoms. The van der Waals surface area contributed by atoms with Crippen LogP contribution in [-0.4, -0.2) is 22.0 Å². The van der Waals surface area contributed by atoms with Crippen LogP contribution in [0.1, 0.15) is 32.3 Å². The molecule has 0 bridgehead atoms. The van der Waals surface area contributed by atoms with E-state index in [-0.39, 0.29) is 11.5 Å². The normalized spacial score (nSPS) is 18.6. The van der Waals surface area contributed by atoms with Gasteiger partial charge in [-0.15, -0.1) is 23.2 Å². The Balaban J connectivity index is 2.32. The zero-order chi connectivity index (χ0) is 15.4. The van der Waals surface area contributed by atoms with Crippen LogP contribution in [0.5, 0.6) is 5.75 Å². The van der Waals surface area contributed by atoms with Crippen LogP contribution in [-0.2, 0) is 0 Å². The van der Waals surface area contributed by atoms with Gasteiger partial charge in [-0.3, -0.25) is 0 Å². The minimum atomic E-state index is -0.468. The maximum atomic E-state index is 10.4. The van der Waals surface area contributed by atoms with Crippen molar-refractivity contribution in [2.75, 3.05) is 11.4 Å². The molecular formula is C17H19Cl2NO. The summed E-state index contributed by atoms with van der Waals surface area (Å²) in [6.07, 6.45) is 0. The van der Waals surface area contributed by atoms with Crippen molar-refractivity contribution in [3.8, 4) is 5.75 Å². The van der Waals surface area contributed by atoms with Gasteiger partial charge in [-0.25, -0.2) is 0 Å². The molecule has 21 heavy (non-hydrogen) atoms. The first kappa shape index (κ1) is 14.8. The molecule has 0 saturated carbocycles. The lowest BCUT2D eigenvalue weighted by Crippen LogP contribution is -2.41. The fourth-order valence-corrected chi connectivity index (χ4v) is 3.62. The number of hydrogen-bond acceptors (Lipinski definition) is 2. The van der Waals surface area contributed by atoms with E-state index in [0.717, 1.165) is 28.6 Å². The number of phenolic OH excluding ortho intramolecular Hbond substituents is 1. The Kier molecular flexibility index (Phi) is 3.50. The topological polar surface area (TPSA) is 23.5 Å². The number of hydrogen-bond donors (Lipinski definition) is 1. The van der Waals surface area contributed by atoms with E-state index in [2.05, 4.69) is 25.7 Å². The predicted octanol–water partition coefficient (Wildman–Crippen LogP) is 5.05. The van der Waals surface area contributed by atoms with E-state index in [1.165, 1.54) is 0 Å². The number of benzene rings is 2. The third kappa shape index (κ3) is 2.35. The van der Waals surface area contributed by atoms with Gasteiger partial charge in [0.15, 0.2) is 0 Å². The Labute approximate surface area is 135 Å². The molecule has 0 aromatic heterocycles.